The zero-order valence-electron chi connectivity index (χ0n) is 10.1. The van der Waals surface area contributed by atoms with E-state index >= 15 is 0 Å². The van der Waals surface area contributed by atoms with Crippen LogP contribution in [0.15, 0.2) is 30.3 Å². The molecule has 0 fully saturated rings. The Morgan fingerprint density at radius 2 is 1.94 bits per heavy atom. The van der Waals surface area contributed by atoms with Gasteiger partial charge in [-0.15, -0.1) is 0 Å². The first kappa shape index (κ1) is 12.7. The van der Waals surface area contributed by atoms with E-state index in [-0.39, 0.29) is 18.1 Å². The molecule has 1 rings (SSSR count). The lowest BCUT2D eigenvalue weighted by atomic mass is 10.1. The van der Waals surface area contributed by atoms with Gasteiger partial charge < -0.3 is 10.1 Å². The molecule has 2 unspecified atom stereocenters. The van der Waals surface area contributed by atoms with Crippen LogP contribution in [0.2, 0.25) is 0 Å². The molecule has 0 spiro atoms. The third-order valence-corrected chi connectivity index (χ3v) is 2.53. The molecular formula is C13H19NO2. The zero-order chi connectivity index (χ0) is 12.0. The van der Waals surface area contributed by atoms with E-state index in [1.165, 1.54) is 12.7 Å². The van der Waals surface area contributed by atoms with Crippen LogP contribution >= 0.6 is 0 Å². The van der Waals surface area contributed by atoms with Crippen LogP contribution in [-0.2, 0) is 9.53 Å². The Bertz CT molecular complexity index is 324. The molecule has 0 aliphatic rings. The molecular weight excluding hydrogens is 202 g/mol. The second-order valence-electron chi connectivity index (χ2n) is 3.98. The van der Waals surface area contributed by atoms with E-state index in [9.17, 15) is 4.79 Å². The van der Waals surface area contributed by atoms with Crippen LogP contribution in [0.4, 0.5) is 0 Å². The predicted molar refractivity (Wildman–Crippen MR) is 64.1 cm³/mol. The van der Waals surface area contributed by atoms with Crippen molar-refractivity contribution in [2.45, 2.75) is 32.4 Å². The Labute approximate surface area is 96.8 Å². The van der Waals surface area contributed by atoms with Crippen LogP contribution in [0, 0.1) is 0 Å². The van der Waals surface area contributed by atoms with Gasteiger partial charge in [0.05, 0.1) is 13.5 Å². The molecule has 0 aromatic heterocycles. The van der Waals surface area contributed by atoms with Gasteiger partial charge in [0.1, 0.15) is 0 Å². The quantitative estimate of drug-likeness (QED) is 0.775. The number of rotatable bonds is 5. The molecule has 0 amide bonds. The van der Waals surface area contributed by atoms with E-state index in [4.69, 9.17) is 0 Å². The first-order valence-corrected chi connectivity index (χ1v) is 5.51. The second-order valence-corrected chi connectivity index (χ2v) is 3.98. The van der Waals surface area contributed by atoms with E-state index in [1.54, 1.807) is 0 Å². The summed E-state index contributed by atoms with van der Waals surface area (Å²) < 4.78 is 4.63. The van der Waals surface area contributed by atoms with Crippen molar-refractivity contribution in [1.82, 2.24) is 5.32 Å². The van der Waals surface area contributed by atoms with Crippen molar-refractivity contribution in [2.75, 3.05) is 7.11 Å². The van der Waals surface area contributed by atoms with E-state index in [1.807, 2.05) is 25.1 Å². The normalized spacial score (nSPS) is 14.2. The number of benzene rings is 1. The highest BCUT2D eigenvalue weighted by molar-refractivity contribution is 5.69. The lowest BCUT2D eigenvalue weighted by Gasteiger charge is -2.19. The van der Waals surface area contributed by atoms with Gasteiger partial charge in [0.25, 0.3) is 0 Å². The van der Waals surface area contributed by atoms with Gasteiger partial charge in [0.15, 0.2) is 0 Å². The molecule has 0 radical (unpaired) electrons. The highest BCUT2D eigenvalue weighted by Crippen LogP contribution is 2.12. The molecule has 0 saturated heterocycles. The van der Waals surface area contributed by atoms with E-state index in [0.29, 0.717) is 6.42 Å². The van der Waals surface area contributed by atoms with Crippen molar-refractivity contribution in [1.29, 1.82) is 0 Å². The van der Waals surface area contributed by atoms with Crippen LogP contribution < -0.4 is 5.32 Å². The number of carbonyl (C=O) groups excluding carboxylic acids is 1. The number of esters is 1. The summed E-state index contributed by atoms with van der Waals surface area (Å²) in [6.07, 6.45) is 0.397. The van der Waals surface area contributed by atoms with Crippen LogP contribution in [0.25, 0.3) is 0 Å². The average Bonchev–Trinajstić information content (AvgIpc) is 2.29. The second kappa shape index (κ2) is 6.28. The smallest absolute Gasteiger partial charge is 0.307 e. The van der Waals surface area contributed by atoms with Gasteiger partial charge in [0.2, 0.25) is 0 Å². The Hall–Kier alpha value is -1.35. The van der Waals surface area contributed by atoms with Gasteiger partial charge in [-0.2, -0.15) is 0 Å². The number of hydrogen-bond acceptors (Lipinski definition) is 3. The summed E-state index contributed by atoms with van der Waals surface area (Å²) in [6, 6.07) is 10.5. The molecule has 1 aromatic rings. The van der Waals surface area contributed by atoms with Gasteiger partial charge >= 0.3 is 5.97 Å². The van der Waals surface area contributed by atoms with E-state index in [2.05, 4.69) is 29.1 Å². The third-order valence-electron chi connectivity index (χ3n) is 2.53. The van der Waals surface area contributed by atoms with Gasteiger partial charge in [-0.1, -0.05) is 30.3 Å². The molecule has 16 heavy (non-hydrogen) atoms. The number of methoxy groups -OCH3 is 1. The van der Waals surface area contributed by atoms with Crippen molar-refractivity contribution < 1.29 is 9.53 Å². The zero-order valence-corrected chi connectivity index (χ0v) is 10.1. The third kappa shape index (κ3) is 4.03. The van der Waals surface area contributed by atoms with E-state index < -0.39 is 0 Å². The van der Waals surface area contributed by atoms with Crippen LogP contribution in [-0.4, -0.2) is 19.1 Å². The average molecular weight is 221 g/mol. The Balaban J connectivity index is 2.45. The SMILES string of the molecule is COC(=O)CC(C)NC(C)c1ccccc1. The fourth-order valence-corrected chi connectivity index (χ4v) is 1.66. The van der Waals surface area contributed by atoms with Crippen molar-refractivity contribution >= 4 is 5.97 Å². The summed E-state index contributed by atoms with van der Waals surface area (Å²) in [5, 5.41) is 3.36. The molecule has 0 heterocycles. The fourth-order valence-electron chi connectivity index (χ4n) is 1.66. The maximum absolute atomic E-state index is 11.1. The van der Waals surface area contributed by atoms with Crippen molar-refractivity contribution in [2.24, 2.45) is 0 Å². The molecule has 88 valence electrons. The number of carbonyl (C=O) groups is 1. The highest BCUT2D eigenvalue weighted by atomic mass is 16.5. The first-order valence-electron chi connectivity index (χ1n) is 5.51. The lowest BCUT2D eigenvalue weighted by Crippen LogP contribution is -2.31. The summed E-state index contributed by atoms with van der Waals surface area (Å²) in [7, 11) is 1.41. The van der Waals surface area contributed by atoms with Crippen molar-refractivity contribution in [3.63, 3.8) is 0 Å². The predicted octanol–water partition coefficient (Wildman–Crippen LogP) is 2.29. The molecule has 3 nitrogen and oxygen atoms in total. The minimum absolute atomic E-state index is 0.114. The van der Waals surface area contributed by atoms with Gasteiger partial charge in [-0.25, -0.2) is 0 Å². The summed E-state index contributed by atoms with van der Waals surface area (Å²) in [5.74, 6) is -0.180. The minimum Gasteiger partial charge on any atom is -0.469 e. The van der Waals surface area contributed by atoms with Gasteiger partial charge in [0, 0.05) is 12.1 Å². The minimum atomic E-state index is -0.180. The van der Waals surface area contributed by atoms with Crippen LogP contribution in [0.3, 0.4) is 0 Å². The molecule has 0 aliphatic heterocycles. The number of hydrogen-bond donors (Lipinski definition) is 1. The summed E-state index contributed by atoms with van der Waals surface area (Å²) in [5.41, 5.74) is 1.22. The van der Waals surface area contributed by atoms with Gasteiger partial charge in [-0.05, 0) is 19.4 Å². The van der Waals surface area contributed by atoms with Crippen molar-refractivity contribution in [3.8, 4) is 0 Å². The number of nitrogens with one attached hydrogen (secondary N) is 1. The summed E-state index contributed by atoms with van der Waals surface area (Å²) in [6.45, 7) is 4.07. The molecule has 2 atom stereocenters. The van der Waals surface area contributed by atoms with Crippen LogP contribution in [0.5, 0.6) is 0 Å². The molecule has 0 aliphatic carbocycles. The number of ether oxygens (including phenoxy) is 1. The maximum Gasteiger partial charge on any atom is 0.307 e. The lowest BCUT2D eigenvalue weighted by molar-refractivity contribution is -0.141. The Morgan fingerprint density at radius 1 is 1.31 bits per heavy atom. The van der Waals surface area contributed by atoms with Crippen molar-refractivity contribution in [3.05, 3.63) is 35.9 Å². The standard InChI is InChI=1S/C13H19NO2/c1-10(9-13(15)16-3)14-11(2)12-7-5-4-6-8-12/h4-8,10-11,14H,9H2,1-3H3. The molecule has 1 N–H and O–H groups in total. The fraction of sp³-hybridized carbons (Fsp3) is 0.462. The highest BCUT2D eigenvalue weighted by Gasteiger charge is 2.12. The summed E-state index contributed by atoms with van der Waals surface area (Å²) >= 11 is 0. The molecule has 0 bridgehead atoms. The van der Waals surface area contributed by atoms with E-state index in [0.717, 1.165) is 0 Å². The maximum atomic E-state index is 11.1. The Morgan fingerprint density at radius 3 is 2.50 bits per heavy atom. The van der Waals surface area contributed by atoms with Crippen LogP contribution in [0.1, 0.15) is 31.9 Å². The largest absolute Gasteiger partial charge is 0.469 e. The molecule has 0 saturated carbocycles. The molecule has 3 heteroatoms. The monoisotopic (exact) mass is 221 g/mol. The first-order chi connectivity index (χ1) is 7.63. The summed E-state index contributed by atoms with van der Waals surface area (Å²) in [4.78, 5) is 11.1. The molecule has 1 aromatic carbocycles. The topological polar surface area (TPSA) is 38.3 Å². The Kier molecular flexibility index (Phi) is 4.99. The van der Waals surface area contributed by atoms with Gasteiger partial charge in [-0.3, -0.25) is 4.79 Å².